The standard InChI is InChI=1S/C8H13N3O2S/c1-10(7-8-2-3-9-6-8)14(12,13)11-4-5-11/h2-3,6,9H,4-5,7H2,1H3. The maximum Gasteiger partial charge on any atom is 0.282 e. The van der Waals surface area contributed by atoms with Crippen LogP contribution in [0.3, 0.4) is 0 Å². The second-order valence-corrected chi connectivity index (χ2v) is 5.42. The molecule has 0 atom stereocenters. The van der Waals surface area contributed by atoms with Gasteiger partial charge < -0.3 is 4.98 Å². The molecule has 0 spiro atoms. The summed E-state index contributed by atoms with van der Waals surface area (Å²) in [4.78, 5) is 2.90. The number of H-pyrrole nitrogens is 1. The third-order valence-electron chi connectivity index (χ3n) is 2.19. The second-order valence-electron chi connectivity index (χ2n) is 3.38. The summed E-state index contributed by atoms with van der Waals surface area (Å²) in [7, 11) is -1.59. The van der Waals surface area contributed by atoms with Crippen LogP contribution >= 0.6 is 0 Å². The Morgan fingerprint density at radius 2 is 2.29 bits per heavy atom. The lowest BCUT2D eigenvalue weighted by Crippen LogP contribution is -2.31. The molecule has 1 aromatic heterocycles. The van der Waals surface area contributed by atoms with E-state index in [1.807, 2.05) is 6.07 Å². The minimum absolute atomic E-state index is 0.419. The van der Waals surface area contributed by atoms with Crippen molar-refractivity contribution in [3.63, 3.8) is 0 Å². The van der Waals surface area contributed by atoms with E-state index in [1.54, 1.807) is 19.4 Å². The number of aromatic nitrogens is 1. The van der Waals surface area contributed by atoms with Crippen molar-refractivity contribution in [1.29, 1.82) is 0 Å². The maximum atomic E-state index is 11.7. The average Bonchev–Trinajstić information content (AvgIpc) is 2.88. The van der Waals surface area contributed by atoms with Crippen LogP contribution in [0.5, 0.6) is 0 Å². The van der Waals surface area contributed by atoms with Gasteiger partial charge in [-0.1, -0.05) is 0 Å². The van der Waals surface area contributed by atoms with Gasteiger partial charge in [0.25, 0.3) is 10.2 Å². The second kappa shape index (κ2) is 3.38. The Morgan fingerprint density at radius 1 is 1.57 bits per heavy atom. The van der Waals surface area contributed by atoms with E-state index in [2.05, 4.69) is 4.98 Å². The lowest BCUT2D eigenvalue weighted by atomic mass is 10.3. The molecule has 2 heterocycles. The number of hydrogen-bond acceptors (Lipinski definition) is 2. The summed E-state index contributed by atoms with van der Waals surface area (Å²) in [5.41, 5.74) is 0.970. The van der Waals surface area contributed by atoms with Crippen molar-refractivity contribution in [2.45, 2.75) is 6.54 Å². The monoisotopic (exact) mass is 215 g/mol. The minimum atomic E-state index is -3.19. The summed E-state index contributed by atoms with van der Waals surface area (Å²) in [5, 5.41) is 0. The first-order valence-corrected chi connectivity index (χ1v) is 5.83. The Morgan fingerprint density at radius 3 is 2.79 bits per heavy atom. The van der Waals surface area contributed by atoms with E-state index in [0.29, 0.717) is 19.6 Å². The van der Waals surface area contributed by atoms with Gasteiger partial charge in [0.05, 0.1) is 0 Å². The Kier molecular flexibility index (Phi) is 2.34. The van der Waals surface area contributed by atoms with E-state index in [0.717, 1.165) is 5.56 Å². The van der Waals surface area contributed by atoms with Crippen LogP contribution in [0.2, 0.25) is 0 Å². The van der Waals surface area contributed by atoms with Crippen molar-refractivity contribution < 1.29 is 8.42 Å². The van der Waals surface area contributed by atoms with Gasteiger partial charge in [0.15, 0.2) is 0 Å². The first-order chi connectivity index (χ1) is 6.60. The predicted molar refractivity (Wildman–Crippen MR) is 52.8 cm³/mol. The molecule has 0 saturated carbocycles. The minimum Gasteiger partial charge on any atom is -0.367 e. The van der Waals surface area contributed by atoms with E-state index in [-0.39, 0.29) is 0 Å². The van der Waals surface area contributed by atoms with Crippen LogP contribution in [0.4, 0.5) is 0 Å². The lowest BCUT2D eigenvalue weighted by Gasteiger charge is -2.16. The molecule has 6 heteroatoms. The zero-order chi connectivity index (χ0) is 10.2. The van der Waals surface area contributed by atoms with Gasteiger partial charge >= 0.3 is 0 Å². The van der Waals surface area contributed by atoms with Crippen molar-refractivity contribution in [2.24, 2.45) is 0 Å². The van der Waals surface area contributed by atoms with Gasteiger partial charge in [0.1, 0.15) is 0 Å². The van der Waals surface area contributed by atoms with Crippen LogP contribution in [0.1, 0.15) is 5.56 Å². The van der Waals surface area contributed by atoms with E-state index >= 15 is 0 Å². The molecule has 1 N–H and O–H groups in total. The van der Waals surface area contributed by atoms with E-state index in [9.17, 15) is 8.42 Å². The summed E-state index contributed by atoms with van der Waals surface area (Å²) in [5.74, 6) is 0. The van der Waals surface area contributed by atoms with Crippen LogP contribution in [0.15, 0.2) is 18.5 Å². The molecule has 1 saturated heterocycles. The van der Waals surface area contributed by atoms with Crippen LogP contribution in [0.25, 0.3) is 0 Å². The Balaban J connectivity index is 2.05. The molecular weight excluding hydrogens is 202 g/mol. The fraction of sp³-hybridized carbons (Fsp3) is 0.500. The molecule has 14 heavy (non-hydrogen) atoms. The SMILES string of the molecule is CN(Cc1cc[nH]c1)S(=O)(=O)N1CC1. The van der Waals surface area contributed by atoms with Crippen molar-refractivity contribution >= 4 is 10.2 Å². The highest BCUT2D eigenvalue weighted by Gasteiger charge is 2.34. The highest BCUT2D eigenvalue weighted by atomic mass is 32.2. The number of aromatic amines is 1. The molecule has 2 rings (SSSR count). The predicted octanol–water partition coefficient (Wildman–Crippen LogP) is 0.00690. The van der Waals surface area contributed by atoms with E-state index < -0.39 is 10.2 Å². The normalized spacial score (nSPS) is 17.6. The Labute approximate surface area is 83.5 Å². The number of nitrogens with one attached hydrogen (secondary N) is 1. The topological polar surface area (TPSA) is 56.2 Å². The largest absolute Gasteiger partial charge is 0.367 e. The third-order valence-corrected chi connectivity index (χ3v) is 4.13. The van der Waals surface area contributed by atoms with Crippen LogP contribution in [0, 0.1) is 0 Å². The van der Waals surface area contributed by atoms with Gasteiger partial charge in [0, 0.05) is 39.1 Å². The van der Waals surface area contributed by atoms with Gasteiger partial charge in [-0.05, 0) is 11.6 Å². The highest BCUT2D eigenvalue weighted by Crippen LogP contribution is 2.16. The van der Waals surface area contributed by atoms with Gasteiger partial charge in [-0.15, -0.1) is 0 Å². The molecule has 0 unspecified atom stereocenters. The molecule has 0 aromatic carbocycles. The molecule has 0 amide bonds. The average molecular weight is 215 g/mol. The van der Waals surface area contributed by atoms with Gasteiger partial charge in [0.2, 0.25) is 0 Å². The van der Waals surface area contributed by atoms with Gasteiger partial charge in [-0.25, -0.2) is 0 Å². The van der Waals surface area contributed by atoms with E-state index in [1.165, 1.54) is 8.61 Å². The maximum absolute atomic E-state index is 11.7. The zero-order valence-electron chi connectivity index (χ0n) is 7.97. The Hall–Kier alpha value is -0.850. The van der Waals surface area contributed by atoms with Crippen LogP contribution < -0.4 is 0 Å². The molecule has 0 radical (unpaired) electrons. The summed E-state index contributed by atoms with van der Waals surface area (Å²) in [6, 6.07) is 1.87. The smallest absolute Gasteiger partial charge is 0.282 e. The first kappa shape index (κ1) is 9.70. The van der Waals surface area contributed by atoms with Gasteiger partial charge in [-0.2, -0.15) is 17.0 Å². The first-order valence-electron chi connectivity index (χ1n) is 4.44. The van der Waals surface area contributed by atoms with Crippen molar-refractivity contribution in [2.75, 3.05) is 20.1 Å². The number of nitrogens with zero attached hydrogens (tertiary/aromatic N) is 2. The summed E-state index contributed by atoms with van der Waals surface area (Å²) in [6.07, 6.45) is 3.58. The number of rotatable bonds is 4. The molecule has 78 valence electrons. The molecule has 5 nitrogen and oxygen atoms in total. The molecule has 1 aromatic rings. The molecule has 1 fully saturated rings. The van der Waals surface area contributed by atoms with Crippen molar-refractivity contribution in [1.82, 2.24) is 13.6 Å². The van der Waals surface area contributed by atoms with Gasteiger partial charge in [-0.3, -0.25) is 0 Å². The molecule has 1 aliphatic heterocycles. The third kappa shape index (κ3) is 1.82. The molecule has 0 aliphatic carbocycles. The number of hydrogen-bond donors (Lipinski definition) is 1. The van der Waals surface area contributed by atoms with E-state index in [4.69, 9.17) is 0 Å². The Bertz CT molecular complexity index is 394. The lowest BCUT2D eigenvalue weighted by molar-refractivity contribution is 0.439. The summed E-state index contributed by atoms with van der Waals surface area (Å²) >= 11 is 0. The summed E-state index contributed by atoms with van der Waals surface area (Å²) in [6.45, 7) is 1.72. The van der Waals surface area contributed by atoms with Crippen molar-refractivity contribution in [3.05, 3.63) is 24.0 Å². The highest BCUT2D eigenvalue weighted by molar-refractivity contribution is 7.86. The fourth-order valence-electron chi connectivity index (χ4n) is 1.26. The quantitative estimate of drug-likeness (QED) is 0.719. The van der Waals surface area contributed by atoms with Crippen LogP contribution in [-0.2, 0) is 16.8 Å². The fourth-order valence-corrected chi connectivity index (χ4v) is 2.51. The van der Waals surface area contributed by atoms with Crippen molar-refractivity contribution in [3.8, 4) is 0 Å². The molecule has 0 bridgehead atoms. The molecular formula is C8H13N3O2S. The van der Waals surface area contributed by atoms with Crippen LogP contribution in [-0.4, -0.2) is 42.1 Å². The zero-order valence-corrected chi connectivity index (χ0v) is 8.79. The summed E-state index contributed by atoms with van der Waals surface area (Å²) < 4.78 is 26.1. The molecule has 1 aliphatic rings.